The van der Waals surface area contributed by atoms with Crippen molar-refractivity contribution in [1.29, 1.82) is 0 Å². The van der Waals surface area contributed by atoms with E-state index in [9.17, 15) is 4.79 Å². The fourth-order valence-electron chi connectivity index (χ4n) is 0.857. The van der Waals surface area contributed by atoms with Crippen LogP contribution in [0.25, 0.3) is 10.1 Å². The average molecular weight is 164 g/mol. The average Bonchev–Trinajstić information content (AvgIpc) is 2.50. The smallest absolute Gasteiger partial charge is 0.168 e. The van der Waals surface area contributed by atoms with E-state index >= 15 is 0 Å². The van der Waals surface area contributed by atoms with Crippen LogP contribution in [0.2, 0.25) is 0 Å². The molecule has 54 valence electrons. The summed E-state index contributed by atoms with van der Waals surface area (Å²) in [6, 6.07) is 1.73. The second kappa shape index (κ2) is 2.39. The maximum absolute atomic E-state index is 10.3. The molecule has 0 saturated carbocycles. The van der Waals surface area contributed by atoms with Gasteiger partial charge in [-0.1, -0.05) is 0 Å². The summed E-state index contributed by atoms with van der Waals surface area (Å²) in [7, 11) is 0. The first kappa shape index (κ1) is 6.42. The standard InChI is InChI=1S/C7H4N2OS/c10-4-6-1-5-2-9-11-7(5)3-8-6/h1-4H. The molecule has 0 spiro atoms. The Morgan fingerprint density at radius 2 is 2.36 bits per heavy atom. The highest BCUT2D eigenvalue weighted by Crippen LogP contribution is 2.16. The Bertz CT molecular complexity index is 396. The summed E-state index contributed by atoms with van der Waals surface area (Å²) >= 11 is 1.38. The number of pyridine rings is 1. The second-order valence-electron chi connectivity index (χ2n) is 2.09. The van der Waals surface area contributed by atoms with E-state index in [1.165, 1.54) is 11.5 Å². The fraction of sp³-hybridized carbons (Fsp3) is 0. The quantitative estimate of drug-likeness (QED) is 0.600. The Kier molecular flexibility index (Phi) is 1.40. The summed E-state index contributed by atoms with van der Waals surface area (Å²) in [6.07, 6.45) is 4.13. The molecule has 2 heterocycles. The van der Waals surface area contributed by atoms with Gasteiger partial charge in [0.25, 0.3) is 0 Å². The molecule has 4 heteroatoms. The molecule has 0 aliphatic rings. The van der Waals surface area contributed by atoms with Crippen molar-refractivity contribution in [3.8, 4) is 0 Å². The van der Waals surface area contributed by atoms with Gasteiger partial charge in [-0.2, -0.15) is 4.37 Å². The van der Waals surface area contributed by atoms with Crippen LogP contribution in [0.15, 0.2) is 18.5 Å². The summed E-state index contributed by atoms with van der Waals surface area (Å²) in [5.41, 5.74) is 0.456. The molecule has 0 N–H and O–H groups in total. The van der Waals surface area contributed by atoms with Gasteiger partial charge < -0.3 is 0 Å². The zero-order chi connectivity index (χ0) is 7.68. The van der Waals surface area contributed by atoms with Gasteiger partial charge in [0.15, 0.2) is 6.29 Å². The zero-order valence-corrected chi connectivity index (χ0v) is 6.34. The molecule has 2 rings (SSSR count). The maximum Gasteiger partial charge on any atom is 0.168 e. The first-order valence-electron chi connectivity index (χ1n) is 3.06. The molecule has 0 aliphatic heterocycles. The number of aromatic nitrogens is 2. The predicted molar refractivity (Wildman–Crippen MR) is 42.8 cm³/mol. The number of fused-ring (bicyclic) bond motifs is 1. The van der Waals surface area contributed by atoms with Crippen molar-refractivity contribution in [3.63, 3.8) is 0 Å². The summed E-state index contributed by atoms with van der Waals surface area (Å²) in [5.74, 6) is 0. The molecule has 0 amide bonds. The number of rotatable bonds is 1. The van der Waals surface area contributed by atoms with Crippen molar-refractivity contribution >= 4 is 27.9 Å². The fourth-order valence-corrected chi connectivity index (χ4v) is 1.45. The largest absolute Gasteiger partial charge is 0.296 e. The van der Waals surface area contributed by atoms with Crippen LogP contribution in [0.5, 0.6) is 0 Å². The monoisotopic (exact) mass is 164 g/mol. The number of hydrogen-bond donors (Lipinski definition) is 0. The lowest BCUT2D eigenvalue weighted by Gasteiger charge is -1.87. The van der Waals surface area contributed by atoms with Gasteiger partial charge in [0, 0.05) is 17.8 Å². The topological polar surface area (TPSA) is 42.9 Å². The Hall–Kier alpha value is -1.29. The third-order valence-electron chi connectivity index (χ3n) is 1.38. The summed E-state index contributed by atoms with van der Waals surface area (Å²) in [6.45, 7) is 0. The van der Waals surface area contributed by atoms with Gasteiger partial charge >= 0.3 is 0 Å². The minimum atomic E-state index is 0.456. The molecule has 0 unspecified atom stereocenters. The number of nitrogens with zero attached hydrogens (tertiary/aromatic N) is 2. The van der Waals surface area contributed by atoms with Crippen molar-refractivity contribution in [3.05, 3.63) is 24.2 Å². The van der Waals surface area contributed by atoms with Crippen molar-refractivity contribution in [2.45, 2.75) is 0 Å². The van der Waals surface area contributed by atoms with Gasteiger partial charge in [-0.25, -0.2) is 0 Å². The SMILES string of the molecule is O=Cc1cc2cnsc2cn1. The first-order valence-corrected chi connectivity index (χ1v) is 3.83. The maximum atomic E-state index is 10.3. The third kappa shape index (κ3) is 1.01. The highest BCUT2D eigenvalue weighted by atomic mass is 32.1. The van der Waals surface area contributed by atoms with Crippen molar-refractivity contribution in [2.24, 2.45) is 0 Å². The molecule has 2 aromatic heterocycles. The van der Waals surface area contributed by atoms with Crippen LogP contribution in [0.4, 0.5) is 0 Å². The molecular formula is C7H4N2OS. The van der Waals surface area contributed by atoms with Gasteiger partial charge in [-0.3, -0.25) is 9.78 Å². The molecule has 0 atom stereocenters. The first-order chi connectivity index (χ1) is 5.40. The molecule has 0 aromatic carbocycles. The Morgan fingerprint density at radius 3 is 3.18 bits per heavy atom. The normalized spacial score (nSPS) is 10.2. The lowest BCUT2D eigenvalue weighted by atomic mass is 10.3. The van der Waals surface area contributed by atoms with Gasteiger partial charge in [0.1, 0.15) is 5.69 Å². The molecular weight excluding hydrogens is 160 g/mol. The minimum absolute atomic E-state index is 0.456. The van der Waals surface area contributed by atoms with Crippen molar-refractivity contribution in [1.82, 2.24) is 9.36 Å². The van der Waals surface area contributed by atoms with E-state index in [1.54, 1.807) is 18.5 Å². The van der Waals surface area contributed by atoms with E-state index in [-0.39, 0.29) is 0 Å². The minimum Gasteiger partial charge on any atom is -0.296 e. The van der Waals surface area contributed by atoms with Crippen LogP contribution in [0.3, 0.4) is 0 Å². The van der Waals surface area contributed by atoms with Crippen LogP contribution in [0, 0.1) is 0 Å². The van der Waals surface area contributed by atoms with Crippen molar-refractivity contribution < 1.29 is 4.79 Å². The molecule has 11 heavy (non-hydrogen) atoms. The molecule has 3 nitrogen and oxygen atoms in total. The Labute approximate surface area is 66.9 Å². The lowest BCUT2D eigenvalue weighted by Crippen LogP contribution is -1.82. The summed E-state index contributed by atoms with van der Waals surface area (Å²) in [5, 5.41) is 0.979. The summed E-state index contributed by atoms with van der Waals surface area (Å²) < 4.78 is 4.97. The van der Waals surface area contributed by atoms with Crippen LogP contribution in [0.1, 0.15) is 10.5 Å². The zero-order valence-electron chi connectivity index (χ0n) is 5.52. The van der Waals surface area contributed by atoms with E-state index < -0.39 is 0 Å². The van der Waals surface area contributed by atoms with Crippen LogP contribution in [-0.2, 0) is 0 Å². The van der Waals surface area contributed by atoms with Crippen LogP contribution in [-0.4, -0.2) is 15.6 Å². The Balaban J connectivity index is 2.76. The number of carbonyl (C=O) groups excluding carboxylic acids is 1. The molecule has 0 saturated heterocycles. The molecule has 0 bridgehead atoms. The lowest BCUT2D eigenvalue weighted by molar-refractivity contribution is 0.111. The van der Waals surface area contributed by atoms with E-state index in [2.05, 4.69) is 9.36 Å². The molecule has 0 fully saturated rings. The number of carbonyl (C=O) groups is 1. The summed E-state index contributed by atoms with van der Waals surface area (Å²) in [4.78, 5) is 14.2. The number of hydrogen-bond acceptors (Lipinski definition) is 4. The second-order valence-corrected chi connectivity index (χ2v) is 2.92. The number of aldehydes is 1. The molecule has 2 aromatic rings. The van der Waals surface area contributed by atoms with Crippen LogP contribution < -0.4 is 0 Å². The van der Waals surface area contributed by atoms with E-state index in [4.69, 9.17) is 0 Å². The van der Waals surface area contributed by atoms with Gasteiger partial charge in [-0.05, 0) is 17.6 Å². The third-order valence-corrected chi connectivity index (χ3v) is 2.13. The van der Waals surface area contributed by atoms with E-state index in [1.807, 2.05) is 0 Å². The van der Waals surface area contributed by atoms with E-state index in [0.717, 1.165) is 16.4 Å². The van der Waals surface area contributed by atoms with Crippen LogP contribution >= 0.6 is 11.5 Å². The molecule has 0 aliphatic carbocycles. The van der Waals surface area contributed by atoms with E-state index in [0.29, 0.717) is 5.69 Å². The van der Waals surface area contributed by atoms with Gasteiger partial charge in [0.2, 0.25) is 0 Å². The highest BCUT2D eigenvalue weighted by Gasteiger charge is 1.97. The van der Waals surface area contributed by atoms with Gasteiger partial charge in [-0.15, -0.1) is 0 Å². The van der Waals surface area contributed by atoms with Crippen molar-refractivity contribution in [2.75, 3.05) is 0 Å². The van der Waals surface area contributed by atoms with Gasteiger partial charge in [0.05, 0.1) is 4.70 Å². The predicted octanol–water partition coefficient (Wildman–Crippen LogP) is 1.50. The highest BCUT2D eigenvalue weighted by molar-refractivity contribution is 7.13. The molecule has 0 radical (unpaired) electrons. The Morgan fingerprint density at radius 1 is 1.45 bits per heavy atom.